The van der Waals surface area contributed by atoms with Crippen molar-refractivity contribution in [3.05, 3.63) is 0 Å². The summed E-state index contributed by atoms with van der Waals surface area (Å²) in [5, 5.41) is 3.68. The maximum Gasteiger partial charge on any atom is 0.222 e. The molecule has 0 spiro atoms. The number of carbonyl (C=O) groups excluding carboxylic acids is 1. The van der Waals surface area contributed by atoms with Crippen LogP contribution in [0.25, 0.3) is 0 Å². The first kappa shape index (κ1) is 14.8. The molecule has 1 amide bonds. The van der Waals surface area contributed by atoms with E-state index in [2.05, 4.69) is 24.1 Å². The predicted octanol–water partition coefficient (Wildman–Crippen LogP) is 2.80. The number of carbonyl (C=O) groups is 1. The van der Waals surface area contributed by atoms with E-state index in [4.69, 9.17) is 0 Å². The van der Waals surface area contributed by atoms with E-state index in [0.29, 0.717) is 17.9 Å². The molecule has 0 aromatic carbocycles. The van der Waals surface area contributed by atoms with Gasteiger partial charge in [0, 0.05) is 25.6 Å². The summed E-state index contributed by atoms with van der Waals surface area (Å²) >= 11 is 0. The van der Waals surface area contributed by atoms with Crippen LogP contribution in [-0.2, 0) is 4.79 Å². The van der Waals surface area contributed by atoms with Crippen molar-refractivity contribution < 1.29 is 4.79 Å². The molecule has 2 rings (SSSR count). The van der Waals surface area contributed by atoms with Crippen LogP contribution in [0.5, 0.6) is 0 Å². The van der Waals surface area contributed by atoms with Crippen LogP contribution in [-0.4, -0.2) is 36.5 Å². The molecule has 19 heavy (non-hydrogen) atoms. The molecule has 1 heterocycles. The summed E-state index contributed by atoms with van der Waals surface area (Å²) in [6.45, 7) is 7.56. The van der Waals surface area contributed by atoms with Gasteiger partial charge in [-0.3, -0.25) is 4.79 Å². The van der Waals surface area contributed by atoms with Gasteiger partial charge in [-0.1, -0.05) is 26.7 Å². The number of nitrogens with zero attached hydrogens (tertiary/aromatic N) is 1. The van der Waals surface area contributed by atoms with Crippen molar-refractivity contribution in [2.75, 3.05) is 19.6 Å². The van der Waals surface area contributed by atoms with Gasteiger partial charge in [-0.25, -0.2) is 0 Å². The Balaban J connectivity index is 1.74. The first-order valence-electron chi connectivity index (χ1n) is 8.25. The van der Waals surface area contributed by atoms with E-state index in [1.165, 1.54) is 32.1 Å². The summed E-state index contributed by atoms with van der Waals surface area (Å²) in [7, 11) is 0. The highest BCUT2D eigenvalue weighted by atomic mass is 16.2. The number of hydrogen-bond acceptors (Lipinski definition) is 2. The maximum absolute atomic E-state index is 11.9. The maximum atomic E-state index is 11.9. The molecule has 1 saturated carbocycles. The van der Waals surface area contributed by atoms with E-state index in [1.807, 2.05) is 0 Å². The molecule has 1 aliphatic carbocycles. The molecule has 0 radical (unpaired) electrons. The van der Waals surface area contributed by atoms with E-state index in [0.717, 1.165) is 38.4 Å². The van der Waals surface area contributed by atoms with E-state index >= 15 is 0 Å². The van der Waals surface area contributed by atoms with Gasteiger partial charge < -0.3 is 10.2 Å². The first-order chi connectivity index (χ1) is 9.24. The highest BCUT2D eigenvalue weighted by Gasteiger charge is 2.31. The Bertz CT molecular complexity index is 292. The summed E-state index contributed by atoms with van der Waals surface area (Å²) < 4.78 is 0. The lowest BCUT2D eigenvalue weighted by Gasteiger charge is -2.24. The highest BCUT2D eigenvalue weighted by molar-refractivity contribution is 5.78. The van der Waals surface area contributed by atoms with Gasteiger partial charge in [-0.15, -0.1) is 0 Å². The molecular weight excluding hydrogens is 236 g/mol. The number of amides is 1. The van der Waals surface area contributed by atoms with Crippen molar-refractivity contribution in [3.8, 4) is 0 Å². The second-order valence-corrected chi connectivity index (χ2v) is 6.36. The van der Waals surface area contributed by atoms with Crippen LogP contribution in [0.2, 0.25) is 0 Å². The van der Waals surface area contributed by atoms with Crippen LogP contribution < -0.4 is 5.32 Å². The molecule has 3 unspecified atom stereocenters. The molecule has 110 valence electrons. The fourth-order valence-electron chi connectivity index (χ4n) is 3.65. The monoisotopic (exact) mass is 266 g/mol. The Hall–Kier alpha value is -0.570. The van der Waals surface area contributed by atoms with Crippen LogP contribution in [0.3, 0.4) is 0 Å². The fraction of sp³-hybridized carbons (Fsp3) is 0.938. The van der Waals surface area contributed by atoms with Crippen LogP contribution >= 0.6 is 0 Å². The lowest BCUT2D eigenvalue weighted by Crippen LogP contribution is -2.35. The molecule has 1 saturated heterocycles. The van der Waals surface area contributed by atoms with Gasteiger partial charge in [0.05, 0.1) is 0 Å². The van der Waals surface area contributed by atoms with Gasteiger partial charge in [0.2, 0.25) is 5.91 Å². The SMILES string of the molecule is CCCNC1CCCC1CCN1CC(CC)CC1=O. The Labute approximate surface area is 118 Å². The minimum atomic E-state index is 0.392. The lowest BCUT2D eigenvalue weighted by molar-refractivity contribution is -0.127. The molecule has 1 aliphatic heterocycles. The van der Waals surface area contributed by atoms with Gasteiger partial charge in [0.1, 0.15) is 0 Å². The van der Waals surface area contributed by atoms with Gasteiger partial charge in [0.15, 0.2) is 0 Å². The van der Waals surface area contributed by atoms with E-state index in [1.54, 1.807) is 0 Å². The molecule has 3 nitrogen and oxygen atoms in total. The zero-order chi connectivity index (χ0) is 13.7. The van der Waals surface area contributed by atoms with E-state index < -0.39 is 0 Å². The van der Waals surface area contributed by atoms with Crippen LogP contribution in [0, 0.1) is 11.8 Å². The van der Waals surface area contributed by atoms with Crippen LogP contribution in [0.15, 0.2) is 0 Å². The van der Waals surface area contributed by atoms with Gasteiger partial charge in [0.25, 0.3) is 0 Å². The quantitative estimate of drug-likeness (QED) is 0.768. The lowest BCUT2D eigenvalue weighted by atomic mass is 9.99. The Kier molecular flexibility index (Phi) is 5.68. The average Bonchev–Trinajstić information content (AvgIpc) is 3.00. The van der Waals surface area contributed by atoms with Crippen molar-refractivity contribution in [1.29, 1.82) is 0 Å². The van der Waals surface area contributed by atoms with Gasteiger partial charge >= 0.3 is 0 Å². The van der Waals surface area contributed by atoms with Crippen molar-refractivity contribution in [2.45, 2.75) is 64.8 Å². The Morgan fingerprint density at radius 2 is 2.16 bits per heavy atom. The molecule has 3 atom stereocenters. The molecule has 1 N–H and O–H groups in total. The standard InChI is InChI=1S/C16H30N2O/c1-3-9-17-15-7-5-6-14(15)8-10-18-12-13(4-2)11-16(18)19/h13-15,17H,3-12H2,1-2H3. The normalized spacial score (nSPS) is 31.4. The third kappa shape index (κ3) is 3.95. The topological polar surface area (TPSA) is 32.3 Å². The Morgan fingerprint density at radius 3 is 2.84 bits per heavy atom. The van der Waals surface area contributed by atoms with Gasteiger partial charge in [-0.2, -0.15) is 0 Å². The second-order valence-electron chi connectivity index (χ2n) is 6.36. The zero-order valence-corrected chi connectivity index (χ0v) is 12.7. The molecule has 3 heteroatoms. The van der Waals surface area contributed by atoms with Crippen molar-refractivity contribution in [2.24, 2.45) is 11.8 Å². The van der Waals surface area contributed by atoms with E-state index in [-0.39, 0.29) is 0 Å². The van der Waals surface area contributed by atoms with Crippen LogP contribution in [0.1, 0.15) is 58.8 Å². The first-order valence-corrected chi connectivity index (χ1v) is 8.25. The van der Waals surface area contributed by atoms with Crippen molar-refractivity contribution in [3.63, 3.8) is 0 Å². The van der Waals surface area contributed by atoms with Crippen molar-refractivity contribution >= 4 is 5.91 Å². The third-order valence-corrected chi connectivity index (χ3v) is 4.96. The third-order valence-electron chi connectivity index (χ3n) is 4.96. The zero-order valence-electron chi connectivity index (χ0n) is 12.7. The average molecular weight is 266 g/mol. The highest BCUT2D eigenvalue weighted by Crippen LogP contribution is 2.30. The number of likely N-dealkylation sites (tertiary alicyclic amines) is 1. The summed E-state index contributed by atoms with van der Waals surface area (Å²) in [6.07, 6.45) is 8.38. The fourth-order valence-corrected chi connectivity index (χ4v) is 3.65. The minimum absolute atomic E-state index is 0.392. The summed E-state index contributed by atoms with van der Waals surface area (Å²) in [4.78, 5) is 14.0. The number of rotatable bonds is 7. The van der Waals surface area contributed by atoms with Gasteiger partial charge in [-0.05, 0) is 44.1 Å². The molecule has 0 aromatic rings. The van der Waals surface area contributed by atoms with E-state index in [9.17, 15) is 4.79 Å². The molecule has 0 bridgehead atoms. The van der Waals surface area contributed by atoms with Crippen molar-refractivity contribution in [1.82, 2.24) is 10.2 Å². The molecule has 2 fully saturated rings. The smallest absolute Gasteiger partial charge is 0.222 e. The summed E-state index contributed by atoms with van der Waals surface area (Å²) in [5.74, 6) is 1.80. The summed E-state index contributed by atoms with van der Waals surface area (Å²) in [5.41, 5.74) is 0. The molecular formula is C16H30N2O. The Morgan fingerprint density at radius 1 is 1.32 bits per heavy atom. The molecule has 0 aromatic heterocycles. The number of nitrogens with one attached hydrogen (secondary N) is 1. The minimum Gasteiger partial charge on any atom is -0.342 e. The largest absolute Gasteiger partial charge is 0.342 e. The number of hydrogen-bond donors (Lipinski definition) is 1. The van der Waals surface area contributed by atoms with Crippen LogP contribution in [0.4, 0.5) is 0 Å². The molecule has 2 aliphatic rings. The predicted molar refractivity (Wildman–Crippen MR) is 79.0 cm³/mol. The second kappa shape index (κ2) is 7.28. The summed E-state index contributed by atoms with van der Waals surface area (Å²) in [6, 6.07) is 0.708.